The van der Waals surface area contributed by atoms with E-state index in [2.05, 4.69) is 33.0 Å². The minimum absolute atomic E-state index is 0.00741. The second kappa shape index (κ2) is 8.40. The van der Waals surface area contributed by atoms with Crippen LogP contribution < -0.4 is 10.1 Å². The van der Waals surface area contributed by atoms with E-state index < -0.39 is 5.97 Å². The van der Waals surface area contributed by atoms with Gasteiger partial charge in [-0.05, 0) is 82.9 Å². The van der Waals surface area contributed by atoms with E-state index in [4.69, 9.17) is 21.4 Å². The maximum atomic E-state index is 12.9. The third kappa shape index (κ3) is 5.61. The molecule has 160 valence electrons. The van der Waals surface area contributed by atoms with E-state index in [1.165, 1.54) is 12.1 Å². The molecule has 3 rings (SSSR count). The average molecular weight is 430 g/mol. The van der Waals surface area contributed by atoms with Crippen molar-refractivity contribution < 1.29 is 19.4 Å². The lowest BCUT2D eigenvalue weighted by molar-refractivity contribution is 0.0695. The Morgan fingerprint density at radius 1 is 1.07 bits per heavy atom. The molecule has 0 bridgehead atoms. The van der Waals surface area contributed by atoms with Gasteiger partial charge in [0, 0.05) is 23.1 Å². The van der Waals surface area contributed by atoms with E-state index in [0.29, 0.717) is 34.4 Å². The third-order valence-corrected chi connectivity index (χ3v) is 5.61. The third-order valence-electron chi connectivity index (χ3n) is 5.31. The van der Waals surface area contributed by atoms with Crippen LogP contribution in [-0.4, -0.2) is 27.9 Å². The molecule has 2 aromatic carbocycles. The van der Waals surface area contributed by atoms with Crippen molar-refractivity contribution in [1.82, 2.24) is 5.32 Å². The van der Waals surface area contributed by atoms with Crippen molar-refractivity contribution in [3.8, 4) is 11.5 Å². The molecule has 1 fully saturated rings. The van der Waals surface area contributed by atoms with Crippen molar-refractivity contribution in [2.75, 3.05) is 0 Å². The number of Topliss-reactive ketones (excluding diaryl/α,β-unsaturated/α-hetero) is 1. The standard InChI is InChI=1S/C24H28ClNO4/c1-23(2)13-15(14-24(3,4)26-23)10-20(27)16-8-9-21(19(25)12-16)30-18-7-5-6-17(11-18)22(28)29/h5-9,11-12,15,26H,10,13-14H2,1-4H3,(H,28,29). The summed E-state index contributed by atoms with van der Waals surface area (Å²) < 4.78 is 5.72. The van der Waals surface area contributed by atoms with Crippen LogP contribution in [0.25, 0.3) is 0 Å². The Hall–Kier alpha value is -2.37. The molecule has 6 heteroatoms. The topological polar surface area (TPSA) is 75.6 Å². The van der Waals surface area contributed by atoms with Gasteiger partial charge in [-0.3, -0.25) is 4.79 Å². The van der Waals surface area contributed by atoms with Crippen LogP contribution in [0, 0.1) is 5.92 Å². The van der Waals surface area contributed by atoms with Crippen molar-refractivity contribution in [3.63, 3.8) is 0 Å². The second-order valence-electron chi connectivity index (χ2n) is 9.37. The first kappa shape index (κ1) is 22.3. The molecule has 0 aliphatic carbocycles. The molecule has 0 atom stereocenters. The van der Waals surface area contributed by atoms with Crippen molar-refractivity contribution >= 4 is 23.4 Å². The number of nitrogens with one attached hydrogen (secondary N) is 1. The summed E-state index contributed by atoms with van der Waals surface area (Å²) in [4.78, 5) is 24.0. The Morgan fingerprint density at radius 3 is 2.33 bits per heavy atom. The van der Waals surface area contributed by atoms with Crippen LogP contribution in [0.2, 0.25) is 5.02 Å². The Morgan fingerprint density at radius 2 is 1.73 bits per heavy atom. The number of hydrogen-bond donors (Lipinski definition) is 2. The number of ketones is 1. The molecule has 1 heterocycles. The van der Waals surface area contributed by atoms with E-state index >= 15 is 0 Å². The number of carboxylic acid groups (broad SMARTS) is 1. The first-order valence-electron chi connectivity index (χ1n) is 10.1. The molecule has 0 radical (unpaired) electrons. The number of halogens is 1. The van der Waals surface area contributed by atoms with Crippen molar-refractivity contribution in [1.29, 1.82) is 0 Å². The van der Waals surface area contributed by atoms with E-state index in [1.54, 1.807) is 30.3 Å². The maximum Gasteiger partial charge on any atom is 0.335 e. The lowest BCUT2D eigenvalue weighted by Gasteiger charge is -2.46. The quantitative estimate of drug-likeness (QED) is 0.554. The Labute approximate surface area is 182 Å². The van der Waals surface area contributed by atoms with Crippen LogP contribution in [0.3, 0.4) is 0 Å². The van der Waals surface area contributed by atoms with Gasteiger partial charge in [-0.15, -0.1) is 0 Å². The van der Waals surface area contributed by atoms with Crippen LogP contribution in [0.1, 0.15) is 67.7 Å². The number of piperidine rings is 1. The smallest absolute Gasteiger partial charge is 0.335 e. The molecule has 30 heavy (non-hydrogen) atoms. The first-order valence-corrected chi connectivity index (χ1v) is 10.5. The second-order valence-corrected chi connectivity index (χ2v) is 9.78. The fourth-order valence-corrected chi connectivity index (χ4v) is 4.85. The van der Waals surface area contributed by atoms with Gasteiger partial charge in [0.1, 0.15) is 11.5 Å². The Balaban J connectivity index is 1.71. The number of ether oxygens (including phenoxy) is 1. The lowest BCUT2D eigenvalue weighted by Crippen LogP contribution is -2.57. The van der Waals surface area contributed by atoms with E-state index in [0.717, 1.165) is 12.8 Å². The van der Waals surface area contributed by atoms with Crippen LogP contribution in [-0.2, 0) is 0 Å². The van der Waals surface area contributed by atoms with Gasteiger partial charge in [-0.25, -0.2) is 4.79 Å². The zero-order valence-electron chi connectivity index (χ0n) is 17.8. The average Bonchev–Trinajstić information content (AvgIpc) is 2.60. The summed E-state index contributed by atoms with van der Waals surface area (Å²) in [5.41, 5.74) is 0.669. The van der Waals surface area contributed by atoms with E-state index in [9.17, 15) is 9.59 Å². The number of rotatable bonds is 6. The summed E-state index contributed by atoms with van der Waals surface area (Å²) in [5, 5.41) is 13.1. The minimum Gasteiger partial charge on any atom is -0.478 e. The zero-order chi connectivity index (χ0) is 22.1. The summed E-state index contributed by atoms with van der Waals surface area (Å²) in [6.45, 7) is 8.70. The molecule has 0 saturated carbocycles. The van der Waals surface area contributed by atoms with Crippen LogP contribution in [0.4, 0.5) is 0 Å². The predicted octanol–water partition coefficient (Wildman–Crippen LogP) is 5.96. The van der Waals surface area contributed by atoms with Gasteiger partial charge in [0.05, 0.1) is 10.6 Å². The Bertz CT molecular complexity index is 951. The van der Waals surface area contributed by atoms with Gasteiger partial charge < -0.3 is 15.2 Å². The predicted molar refractivity (Wildman–Crippen MR) is 118 cm³/mol. The minimum atomic E-state index is -1.03. The summed E-state index contributed by atoms with van der Waals surface area (Å²) >= 11 is 6.36. The number of carbonyl (C=O) groups excluding carboxylic acids is 1. The number of hydrogen-bond acceptors (Lipinski definition) is 4. The fourth-order valence-electron chi connectivity index (χ4n) is 4.63. The molecule has 1 aliphatic heterocycles. The maximum absolute atomic E-state index is 12.9. The fraction of sp³-hybridized carbons (Fsp3) is 0.417. The van der Waals surface area contributed by atoms with E-state index in [-0.39, 0.29) is 22.4 Å². The molecule has 0 aromatic heterocycles. The molecule has 0 spiro atoms. The highest BCUT2D eigenvalue weighted by Crippen LogP contribution is 2.36. The van der Waals surface area contributed by atoms with Gasteiger partial charge in [-0.2, -0.15) is 0 Å². The number of benzene rings is 2. The molecule has 0 amide bonds. The SMILES string of the molecule is CC1(C)CC(CC(=O)c2ccc(Oc3cccc(C(=O)O)c3)c(Cl)c2)CC(C)(C)N1. The highest BCUT2D eigenvalue weighted by Gasteiger charge is 2.38. The monoisotopic (exact) mass is 429 g/mol. The molecule has 2 aromatic rings. The van der Waals surface area contributed by atoms with E-state index in [1.807, 2.05) is 0 Å². The lowest BCUT2D eigenvalue weighted by atomic mass is 9.74. The first-order chi connectivity index (χ1) is 13.9. The molecular weight excluding hydrogens is 402 g/mol. The summed E-state index contributed by atoms with van der Waals surface area (Å²) in [6, 6.07) is 11.2. The van der Waals surface area contributed by atoms with Gasteiger partial charge in [-0.1, -0.05) is 17.7 Å². The molecule has 5 nitrogen and oxygen atoms in total. The van der Waals surface area contributed by atoms with Gasteiger partial charge >= 0.3 is 5.97 Å². The van der Waals surface area contributed by atoms with Gasteiger partial charge in [0.25, 0.3) is 0 Å². The number of aromatic carboxylic acids is 1. The molecule has 1 saturated heterocycles. The van der Waals surface area contributed by atoms with Crippen molar-refractivity contribution in [3.05, 3.63) is 58.6 Å². The zero-order valence-corrected chi connectivity index (χ0v) is 18.5. The Kier molecular flexibility index (Phi) is 6.25. The summed E-state index contributed by atoms with van der Waals surface area (Å²) in [5.74, 6) is 0.0822. The molecule has 1 aliphatic rings. The largest absolute Gasteiger partial charge is 0.478 e. The molecule has 2 N–H and O–H groups in total. The van der Waals surface area contributed by atoms with Crippen LogP contribution in [0.15, 0.2) is 42.5 Å². The molecular formula is C24H28ClNO4. The highest BCUT2D eigenvalue weighted by molar-refractivity contribution is 6.32. The number of carboxylic acids is 1. The van der Waals surface area contributed by atoms with Crippen molar-refractivity contribution in [2.24, 2.45) is 5.92 Å². The van der Waals surface area contributed by atoms with Crippen LogP contribution >= 0.6 is 11.6 Å². The normalized spacial score (nSPS) is 18.0. The van der Waals surface area contributed by atoms with Gasteiger partial charge in [0.2, 0.25) is 0 Å². The number of carbonyl (C=O) groups is 2. The van der Waals surface area contributed by atoms with Gasteiger partial charge in [0.15, 0.2) is 5.78 Å². The molecule has 0 unspecified atom stereocenters. The highest BCUT2D eigenvalue weighted by atomic mass is 35.5. The van der Waals surface area contributed by atoms with Crippen LogP contribution in [0.5, 0.6) is 11.5 Å². The summed E-state index contributed by atoms with van der Waals surface area (Å²) in [7, 11) is 0. The summed E-state index contributed by atoms with van der Waals surface area (Å²) in [6.07, 6.45) is 2.36. The van der Waals surface area contributed by atoms with Crippen molar-refractivity contribution in [2.45, 2.75) is 58.0 Å².